The van der Waals surface area contributed by atoms with Crippen LogP contribution in [0.15, 0.2) is 42.5 Å². The van der Waals surface area contributed by atoms with Crippen LogP contribution < -0.4 is 0 Å². The zero-order valence-electron chi connectivity index (χ0n) is 16.3. The van der Waals surface area contributed by atoms with Crippen LogP contribution in [0.1, 0.15) is 39.2 Å². The van der Waals surface area contributed by atoms with E-state index in [0.717, 1.165) is 5.56 Å². The molecule has 5 nitrogen and oxygen atoms in total. The van der Waals surface area contributed by atoms with Crippen LogP contribution in [0.4, 0.5) is 0 Å². The molecule has 1 aromatic rings. The van der Waals surface area contributed by atoms with Crippen molar-refractivity contribution in [3.8, 4) is 11.8 Å². The highest BCUT2D eigenvalue weighted by atomic mass is 16.6. The molecule has 0 atom stereocenters. The average molecular weight is 372 g/mol. The van der Waals surface area contributed by atoms with Crippen molar-refractivity contribution in [2.75, 3.05) is 19.8 Å². The molecule has 0 aliphatic heterocycles. The highest BCUT2D eigenvalue weighted by molar-refractivity contribution is 6.00. The Bertz CT molecular complexity index is 649. The molecule has 0 saturated heterocycles. The third-order valence-electron chi connectivity index (χ3n) is 3.86. The molecular formula is C22H28O5. The van der Waals surface area contributed by atoms with E-state index in [1.54, 1.807) is 32.9 Å². The van der Waals surface area contributed by atoms with Gasteiger partial charge in [-0.3, -0.25) is 9.59 Å². The summed E-state index contributed by atoms with van der Waals surface area (Å²) < 4.78 is 15.9. The number of hydrogen-bond acceptors (Lipinski definition) is 5. The SMILES string of the molecule is CC#CCC(C/C=C\COCc1ccccc1)(C(=O)OCC)C(=O)OCC. The van der Waals surface area contributed by atoms with E-state index in [4.69, 9.17) is 14.2 Å². The molecule has 1 rings (SSSR count). The normalized spacial score (nSPS) is 10.9. The van der Waals surface area contributed by atoms with Crippen molar-refractivity contribution in [1.82, 2.24) is 0 Å². The minimum absolute atomic E-state index is 0.0520. The minimum atomic E-state index is -1.45. The fourth-order valence-corrected chi connectivity index (χ4v) is 2.42. The molecule has 0 aromatic heterocycles. The molecule has 0 fully saturated rings. The molecule has 0 unspecified atom stereocenters. The maximum absolute atomic E-state index is 12.5. The Hall–Kier alpha value is -2.58. The number of carbonyl (C=O) groups excluding carboxylic acids is 2. The summed E-state index contributed by atoms with van der Waals surface area (Å²) in [4.78, 5) is 25.1. The molecule has 27 heavy (non-hydrogen) atoms. The first-order chi connectivity index (χ1) is 13.1. The maximum Gasteiger partial charge on any atom is 0.324 e. The van der Waals surface area contributed by atoms with Gasteiger partial charge in [0.05, 0.1) is 26.4 Å². The summed E-state index contributed by atoms with van der Waals surface area (Å²) in [6, 6.07) is 9.83. The van der Waals surface area contributed by atoms with Gasteiger partial charge >= 0.3 is 11.9 Å². The molecule has 1 aromatic carbocycles. The van der Waals surface area contributed by atoms with Crippen LogP contribution in [-0.4, -0.2) is 31.8 Å². The molecule has 0 aliphatic carbocycles. The van der Waals surface area contributed by atoms with Gasteiger partial charge in [-0.1, -0.05) is 42.5 Å². The zero-order valence-corrected chi connectivity index (χ0v) is 16.3. The van der Waals surface area contributed by atoms with Gasteiger partial charge in [0.1, 0.15) is 0 Å². The summed E-state index contributed by atoms with van der Waals surface area (Å²) in [5.74, 6) is 4.34. The summed E-state index contributed by atoms with van der Waals surface area (Å²) in [5.41, 5.74) is -0.373. The lowest BCUT2D eigenvalue weighted by molar-refractivity contribution is -0.171. The van der Waals surface area contributed by atoms with E-state index < -0.39 is 17.4 Å². The smallest absolute Gasteiger partial charge is 0.324 e. The summed E-state index contributed by atoms with van der Waals surface area (Å²) in [6.45, 7) is 6.30. The molecule has 5 heteroatoms. The third-order valence-corrected chi connectivity index (χ3v) is 3.86. The summed E-state index contributed by atoms with van der Waals surface area (Å²) in [5, 5.41) is 0. The second kappa shape index (κ2) is 12.7. The van der Waals surface area contributed by atoms with Crippen molar-refractivity contribution >= 4 is 11.9 Å². The summed E-state index contributed by atoms with van der Waals surface area (Å²) in [7, 11) is 0. The number of allylic oxidation sites excluding steroid dienone is 1. The van der Waals surface area contributed by atoms with Crippen LogP contribution in [0.3, 0.4) is 0 Å². The maximum atomic E-state index is 12.5. The predicted octanol–water partition coefficient (Wildman–Crippen LogP) is 3.68. The standard InChI is InChI=1S/C22H28O5/c1-4-7-15-22(20(23)26-5-2,21(24)27-6-3)16-11-12-17-25-18-19-13-9-8-10-14-19/h8-14H,5-6,15-18H2,1-3H3/b12-11-. The topological polar surface area (TPSA) is 61.8 Å². The van der Waals surface area contributed by atoms with Crippen molar-refractivity contribution in [3.63, 3.8) is 0 Å². The Labute approximate surface area is 161 Å². The molecule has 0 amide bonds. The first kappa shape index (κ1) is 22.5. The molecule has 0 spiro atoms. The van der Waals surface area contributed by atoms with E-state index in [1.807, 2.05) is 30.3 Å². The van der Waals surface area contributed by atoms with Gasteiger partial charge in [-0.25, -0.2) is 0 Å². The Balaban J connectivity index is 2.76. The van der Waals surface area contributed by atoms with Gasteiger partial charge in [0.25, 0.3) is 0 Å². The quantitative estimate of drug-likeness (QED) is 0.195. The summed E-state index contributed by atoms with van der Waals surface area (Å²) >= 11 is 0. The zero-order chi connectivity index (χ0) is 20.0. The second-order valence-corrected chi connectivity index (χ2v) is 5.80. The van der Waals surface area contributed by atoms with Crippen LogP contribution in [0.25, 0.3) is 0 Å². The highest BCUT2D eigenvalue weighted by Gasteiger charge is 2.47. The number of rotatable bonds is 11. The Morgan fingerprint density at radius 1 is 1.04 bits per heavy atom. The lowest BCUT2D eigenvalue weighted by Gasteiger charge is -2.26. The van der Waals surface area contributed by atoms with Crippen molar-refractivity contribution in [1.29, 1.82) is 0 Å². The molecule has 0 radical (unpaired) electrons. The van der Waals surface area contributed by atoms with Crippen LogP contribution in [-0.2, 0) is 30.4 Å². The van der Waals surface area contributed by atoms with E-state index in [9.17, 15) is 9.59 Å². The first-order valence-electron chi connectivity index (χ1n) is 9.11. The van der Waals surface area contributed by atoms with Crippen LogP contribution in [0, 0.1) is 17.3 Å². The van der Waals surface area contributed by atoms with Gasteiger partial charge in [0, 0.05) is 6.42 Å². The average Bonchev–Trinajstić information content (AvgIpc) is 2.68. The molecule has 0 aliphatic rings. The third kappa shape index (κ3) is 7.28. The molecule has 0 saturated carbocycles. The number of esters is 2. The largest absolute Gasteiger partial charge is 0.465 e. The van der Waals surface area contributed by atoms with Gasteiger partial charge in [-0.15, -0.1) is 11.8 Å². The number of carbonyl (C=O) groups is 2. The fourth-order valence-electron chi connectivity index (χ4n) is 2.42. The van der Waals surface area contributed by atoms with Gasteiger partial charge in [0.15, 0.2) is 5.41 Å². The molecule has 0 heterocycles. The predicted molar refractivity (Wildman–Crippen MR) is 104 cm³/mol. The van der Waals surface area contributed by atoms with Crippen molar-refractivity contribution < 1.29 is 23.8 Å². The van der Waals surface area contributed by atoms with E-state index >= 15 is 0 Å². The van der Waals surface area contributed by atoms with Crippen molar-refractivity contribution in [2.45, 2.75) is 40.2 Å². The van der Waals surface area contributed by atoms with E-state index in [2.05, 4.69) is 11.8 Å². The Kier molecular flexibility index (Phi) is 10.6. The second-order valence-electron chi connectivity index (χ2n) is 5.80. The molecule has 0 bridgehead atoms. The Morgan fingerprint density at radius 3 is 2.22 bits per heavy atom. The van der Waals surface area contributed by atoms with Crippen LogP contribution in [0.2, 0.25) is 0 Å². The van der Waals surface area contributed by atoms with Gasteiger partial charge in [-0.2, -0.15) is 0 Å². The molecule has 0 N–H and O–H groups in total. The minimum Gasteiger partial charge on any atom is -0.465 e. The van der Waals surface area contributed by atoms with Crippen molar-refractivity contribution in [2.24, 2.45) is 5.41 Å². The first-order valence-corrected chi connectivity index (χ1v) is 9.11. The van der Waals surface area contributed by atoms with E-state index in [1.165, 1.54) is 0 Å². The van der Waals surface area contributed by atoms with Gasteiger partial charge < -0.3 is 14.2 Å². The Morgan fingerprint density at radius 2 is 1.67 bits per heavy atom. The van der Waals surface area contributed by atoms with Gasteiger partial charge in [0.2, 0.25) is 0 Å². The van der Waals surface area contributed by atoms with Crippen LogP contribution in [0.5, 0.6) is 0 Å². The molecular weight excluding hydrogens is 344 g/mol. The molecule has 146 valence electrons. The highest BCUT2D eigenvalue weighted by Crippen LogP contribution is 2.31. The van der Waals surface area contributed by atoms with Crippen molar-refractivity contribution in [3.05, 3.63) is 48.0 Å². The van der Waals surface area contributed by atoms with E-state index in [0.29, 0.717) is 13.2 Å². The number of benzene rings is 1. The summed E-state index contributed by atoms with van der Waals surface area (Å²) in [6.07, 6.45) is 3.73. The van der Waals surface area contributed by atoms with Gasteiger partial charge in [-0.05, 0) is 32.8 Å². The number of ether oxygens (including phenoxy) is 3. The lowest BCUT2D eigenvalue weighted by atomic mass is 9.81. The lowest BCUT2D eigenvalue weighted by Crippen LogP contribution is -2.41. The monoisotopic (exact) mass is 372 g/mol. The van der Waals surface area contributed by atoms with E-state index in [-0.39, 0.29) is 26.1 Å². The fraction of sp³-hybridized carbons (Fsp3) is 0.455. The van der Waals surface area contributed by atoms with Crippen LogP contribution >= 0.6 is 0 Å². The number of hydrogen-bond donors (Lipinski definition) is 0.